The Kier molecular flexibility index (Phi) is 26.5. The van der Waals surface area contributed by atoms with Crippen LogP contribution in [-0.4, -0.2) is 18.0 Å². The number of nitrogens with zero attached hydrogens (tertiary/aromatic N) is 1. The highest BCUT2D eigenvalue weighted by Crippen LogP contribution is 1.88. The van der Waals surface area contributed by atoms with Gasteiger partial charge in [0.05, 0.1) is 0 Å². The average Bonchev–Trinajstić information content (AvgIpc) is 2.14. The van der Waals surface area contributed by atoms with Crippen LogP contribution in [0.2, 0.25) is 0 Å². The largest absolute Gasteiger partial charge is 0.377 e. The van der Waals surface area contributed by atoms with Crippen LogP contribution in [0.4, 0.5) is 0 Å². The first-order chi connectivity index (χ1) is 5.72. The molecule has 13 heavy (non-hydrogen) atoms. The summed E-state index contributed by atoms with van der Waals surface area (Å²) < 4.78 is 0. The van der Waals surface area contributed by atoms with Gasteiger partial charge in [-0.1, -0.05) is 31.5 Å². The van der Waals surface area contributed by atoms with E-state index >= 15 is 0 Å². The van der Waals surface area contributed by atoms with Gasteiger partial charge in [-0.25, -0.2) is 0 Å². The van der Waals surface area contributed by atoms with Crippen LogP contribution in [0.25, 0.3) is 0 Å². The van der Waals surface area contributed by atoms with Crippen molar-refractivity contribution in [2.75, 3.05) is 12.8 Å². The number of nitrogens with two attached hydrogens (primary N) is 3. The molecule has 0 heterocycles. The topological polar surface area (TPSA) is 90.4 Å². The second kappa shape index (κ2) is 18.2. The number of thioether (sulfide) groups is 1. The van der Waals surface area contributed by atoms with Gasteiger partial charge in [0.2, 0.25) is 0 Å². The summed E-state index contributed by atoms with van der Waals surface area (Å²) in [7, 11) is 0. The molecule has 0 aromatic carbocycles. The highest BCUT2D eigenvalue weighted by atomic mass is 127. The van der Waals surface area contributed by atoms with Gasteiger partial charge in [-0.05, 0) is 19.2 Å². The van der Waals surface area contributed by atoms with Crippen molar-refractivity contribution in [3.05, 3.63) is 0 Å². The Morgan fingerprint density at radius 1 is 1.38 bits per heavy atom. The van der Waals surface area contributed by atoms with Crippen molar-refractivity contribution in [3.63, 3.8) is 0 Å². The van der Waals surface area contributed by atoms with Crippen LogP contribution < -0.4 is 17.3 Å². The van der Waals surface area contributed by atoms with Gasteiger partial charge >= 0.3 is 0 Å². The van der Waals surface area contributed by atoms with E-state index in [-0.39, 0.29) is 24.0 Å². The molecule has 0 unspecified atom stereocenters. The van der Waals surface area contributed by atoms with Crippen LogP contribution >= 0.6 is 35.7 Å². The van der Waals surface area contributed by atoms with Crippen molar-refractivity contribution in [3.8, 4) is 0 Å². The molecule has 0 atom stereocenters. The van der Waals surface area contributed by atoms with E-state index in [2.05, 4.69) is 12.0 Å². The maximum absolute atomic E-state index is 5.21. The number of amidine groups is 1. The van der Waals surface area contributed by atoms with Gasteiger partial charge in [-0.15, -0.1) is 24.0 Å². The normalized spacial score (nSPS) is 9.62. The molecular formula is C7H21IN4S. The van der Waals surface area contributed by atoms with Crippen molar-refractivity contribution >= 4 is 40.9 Å². The second-order valence-corrected chi connectivity index (χ2v) is 2.99. The minimum absolute atomic E-state index is 0. The molecular weight excluding hydrogens is 299 g/mol. The van der Waals surface area contributed by atoms with Gasteiger partial charge in [0.25, 0.3) is 0 Å². The average molecular weight is 320 g/mol. The number of hydrogen-bond donors (Lipinski definition) is 3. The zero-order valence-electron chi connectivity index (χ0n) is 8.32. The van der Waals surface area contributed by atoms with E-state index in [1.807, 2.05) is 6.26 Å². The van der Waals surface area contributed by atoms with Gasteiger partial charge in [0.1, 0.15) is 0 Å². The molecule has 0 aromatic rings. The maximum Gasteiger partial charge on any atom is 0.177 e. The lowest BCUT2D eigenvalue weighted by atomic mass is 10.3. The van der Waals surface area contributed by atoms with E-state index in [1.165, 1.54) is 31.0 Å². The molecule has 0 spiro atoms. The minimum Gasteiger partial charge on any atom is -0.377 e. The predicted octanol–water partition coefficient (Wildman–Crippen LogP) is 1.29. The Balaban J connectivity index is -0.000000143. The Morgan fingerprint density at radius 2 is 1.92 bits per heavy atom. The Morgan fingerprint density at radius 3 is 2.00 bits per heavy atom. The molecule has 0 aliphatic rings. The quantitative estimate of drug-likeness (QED) is 0.182. The molecule has 6 N–H and O–H groups in total. The molecule has 0 fully saturated rings. The number of hydrogen-bond acceptors (Lipinski definition) is 4. The van der Waals surface area contributed by atoms with E-state index < -0.39 is 0 Å². The summed E-state index contributed by atoms with van der Waals surface area (Å²) >= 11 is 1.33. The van der Waals surface area contributed by atoms with E-state index in [0.29, 0.717) is 5.17 Å². The molecule has 0 amide bonds. The molecule has 0 aliphatic heterocycles. The molecule has 0 bridgehead atoms. The zero-order chi connectivity index (χ0) is 9.82. The third kappa shape index (κ3) is 24.5. The van der Waals surface area contributed by atoms with E-state index in [4.69, 9.17) is 17.3 Å². The molecule has 0 aliphatic carbocycles. The fourth-order valence-corrected chi connectivity index (χ4v) is 0.552. The number of rotatable bonds is 3. The SMILES string of the molecule is CCCCCN.CSC(N)=NN.I. The first-order valence-corrected chi connectivity index (χ1v) is 5.22. The van der Waals surface area contributed by atoms with Gasteiger partial charge < -0.3 is 17.3 Å². The van der Waals surface area contributed by atoms with Gasteiger partial charge in [-0.3, -0.25) is 0 Å². The lowest BCUT2D eigenvalue weighted by Crippen LogP contribution is -2.07. The van der Waals surface area contributed by atoms with Crippen molar-refractivity contribution in [1.82, 2.24) is 0 Å². The summed E-state index contributed by atoms with van der Waals surface area (Å²) in [5.41, 5.74) is 10.3. The van der Waals surface area contributed by atoms with Crippen LogP contribution in [0.1, 0.15) is 26.2 Å². The van der Waals surface area contributed by atoms with E-state index in [9.17, 15) is 0 Å². The number of hydrazone groups is 1. The number of unbranched alkanes of at least 4 members (excludes halogenated alkanes) is 2. The van der Waals surface area contributed by atoms with Crippen molar-refractivity contribution in [2.45, 2.75) is 26.2 Å². The fraction of sp³-hybridized carbons (Fsp3) is 0.857. The second-order valence-electron chi connectivity index (χ2n) is 2.17. The molecule has 0 saturated heterocycles. The molecule has 82 valence electrons. The maximum atomic E-state index is 5.21. The van der Waals surface area contributed by atoms with Crippen LogP contribution in [0.3, 0.4) is 0 Å². The summed E-state index contributed by atoms with van der Waals surface area (Å²) in [6, 6.07) is 0. The van der Waals surface area contributed by atoms with Crippen molar-refractivity contribution in [1.29, 1.82) is 0 Å². The van der Waals surface area contributed by atoms with Crippen LogP contribution in [0.15, 0.2) is 5.10 Å². The zero-order valence-corrected chi connectivity index (χ0v) is 11.5. The van der Waals surface area contributed by atoms with Crippen molar-refractivity contribution < 1.29 is 0 Å². The summed E-state index contributed by atoms with van der Waals surface area (Å²) in [5, 5.41) is 3.58. The summed E-state index contributed by atoms with van der Waals surface area (Å²) in [5.74, 6) is 4.72. The van der Waals surface area contributed by atoms with Crippen LogP contribution in [-0.2, 0) is 0 Å². The number of halogens is 1. The smallest absolute Gasteiger partial charge is 0.177 e. The molecule has 4 nitrogen and oxygen atoms in total. The lowest BCUT2D eigenvalue weighted by Gasteiger charge is -1.86. The lowest BCUT2D eigenvalue weighted by molar-refractivity contribution is 0.727. The van der Waals surface area contributed by atoms with E-state index in [1.54, 1.807) is 0 Å². The summed E-state index contributed by atoms with van der Waals surface area (Å²) in [6.45, 7) is 3.03. The van der Waals surface area contributed by atoms with Gasteiger partial charge in [-0.2, -0.15) is 5.10 Å². The highest BCUT2D eigenvalue weighted by molar-refractivity contribution is 14.0. The van der Waals surface area contributed by atoms with Crippen LogP contribution in [0.5, 0.6) is 0 Å². The Bertz CT molecular complexity index is 107. The molecule has 0 rings (SSSR count). The monoisotopic (exact) mass is 320 g/mol. The summed E-state index contributed by atoms with van der Waals surface area (Å²) in [4.78, 5) is 0. The van der Waals surface area contributed by atoms with Crippen molar-refractivity contribution in [2.24, 2.45) is 22.4 Å². The standard InChI is InChI=1S/C5H13N.C2H7N3S.HI/c1-2-3-4-5-6;1-6-2(3)5-4;/h2-6H2,1H3;4H2,1H3,(H2,3,5);1H. The molecule has 0 aromatic heterocycles. The first kappa shape index (κ1) is 19.0. The Labute approximate surface area is 102 Å². The van der Waals surface area contributed by atoms with E-state index in [0.717, 1.165) is 6.54 Å². The third-order valence-electron chi connectivity index (χ3n) is 1.14. The fourth-order valence-electron chi connectivity index (χ4n) is 0.447. The first-order valence-electron chi connectivity index (χ1n) is 4.00. The Hall–Kier alpha value is 0.310. The van der Waals surface area contributed by atoms with Gasteiger partial charge in [0, 0.05) is 0 Å². The molecule has 6 heteroatoms. The summed E-state index contributed by atoms with van der Waals surface area (Å²) in [6.07, 6.45) is 5.57. The molecule has 0 saturated carbocycles. The highest BCUT2D eigenvalue weighted by Gasteiger charge is 1.77. The van der Waals surface area contributed by atoms with Crippen LogP contribution in [0, 0.1) is 0 Å². The third-order valence-corrected chi connectivity index (χ3v) is 1.67. The minimum atomic E-state index is 0. The molecule has 0 radical (unpaired) electrons. The van der Waals surface area contributed by atoms with Gasteiger partial charge in [0.15, 0.2) is 5.17 Å². The predicted molar refractivity (Wildman–Crippen MR) is 73.3 cm³/mol.